The van der Waals surface area contributed by atoms with Crippen molar-refractivity contribution in [2.24, 2.45) is 0 Å². The number of aromatic amines is 1. The molecule has 11 nitrogen and oxygen atoms in total. The van der Waals surface area contributed by atoms with E-state index in [1.165, 1.54) is 6.33 Å². The zero-order valence-electron chi connectivity index (χ0n) is 24.0. The third kappa shape index (κ3) is 5.29. The second-order valence-electron chi connectivity index (χ2n) is 11.7. The van der Waals surface area contributed by atoms with Crippen LogP contribution in [-0.4, -0.2) is 50.0 Å². The van der Waals surface area contributed by atoms with Gasteiger partial charge in [-0.2, -0.15) is 5.10 Å². The summed E-state index contributed by atoms with van der Waals surface area (Å²) in [7, 11) is 0. The lowest BCUT2D eigenvalue weighted by atomic mass is 9.97. The number of hydrogen-bond donors (Lipinski definition) is 3. The molecule has 11 heteroatoms. The summed E-state index contributed by atoms with van der Waals surface area (Å²) in [6.07, 6.45) is 3.15. The largest absolute Gasteiger partial charge is 0.486 e. The van der Waals surface area contributed by atoms with Crippen molar-refractivity contribution in [2.75, 3.05) is 11.9 Å². The number of rotatable bonds is 6. The summed E-state index contributed by atoms with van der Waals surface area (Å²) in [5.74, 6) is 0.579. The first kappa shape index (κ1) is 27.4. The van der Waals surface area contributed by atoms with E-state index in [0.717, 1.165) is 40.0 Å². The van der Waals surface area contributed by atoms with E-state index in [-0.39, 0.29) is 36.0 Å². The standard InChI is InChI=1S/C31H32N6O5/c1-16-20-8-9-23(22(20)7-6-21(16)30(40)42-31(2,3)4)35-29(39)27-25-26(33-15-34-27)28(37-36-25)32-13-17-5-10-24-18(11-17)12-19(38)14-41-24/h5-7,10-11,15,23H,8-9,12-14H2,1-4H3,(H,35,39)(H2,32,36,37)/t23-/m0/s1. The first-order valence-corrected chi connectivity index (χ1v) is 13.9. The smallest absolute Gasteiger partial charge is 0.338 e. The number of ketones is 1. The van der Waals surface area contributed by atoms with Crippen LogP contribution in [-0.2, 0) is 28.9 Å². The third-order valence-electron chi connectivity index (χ3n) is 7.54. The molecule has 2 aliphatic rings. The fourth-order valence-corrected chi connectivity index (χ4v) is 5.57. The molecule has 216 valence electrons. The minimum absolute atomic E-state index is 0.0511. The van der Waals surface area contributed by atoms with Crippen LogP contribution in [0.2, 0.25) is 0 Å². The Morgan fingerprint density at radius 1 is 1.17 bits per heavy atom. The van der Waals surface area contributed by atoms with Crippen molar-refractivity contribution < 1.29 is 23.9 Å². The SMILES string of the molecule is Cc1c(C(=O)OC(C)(C)C)ccc2c1CC[C@@H]2NC(=O)c1ncnc2c(NCc3ccc4c(c3)CC(=O)CO4)n[nH]c12. The van der Waals surface area contributed by atoms with E-state index in [2.05, 4.69) is 30.8 Å². The molecule has 42 heavy (non-hydrogen) atoms. The number of nitrogens with zero attached hydrogens (tertiary/aromatic N) is 3. The van der Waals surface area contributed by atoms with Crippen LogP contribution < -0.4 is 15.4 Å². The number of H-pyrrole nitrogens is 1. The van der Waals surface area contributed by atoms with Crippen molar-refractivity contribution in [1.29, 1.82) is 0 Å². The number of hydrogen-bond acceptors (Lipinski definition) is 9. The summed E-state index contributed by atoms with van der Waals surface area (Å²) in [5.41, 5.74) is 5.83. The van der Waals surface area contributed by atoms with E-state index >= 15 is 0 Å². The molecule has 1 atom stereocenters. The van der Waals surface area contributed by atoms with Crippen LogP contribution >= 0.6 is 0 Å². The maximum Gasteiger partial charge on any atom is 0.338 e. The summed E-state index contributed by atoms with van der Waals surface area (Å²) in [6.45, 7) is 8.01. The molecule has 2 aromatic carbocycles. The van der Waals surface area contributed by atoms with Crippen LogP contribution in [0.4, 0.5) is 5.82 Å². The molecule has 0 saturated heterocycles. The van der Waals surface area contributed by atoms with Crippen LogP contribution in [0.15, 0.2) is 36.7 Å². The number of benzene rings is 2. The molecular weight excluding hydrogens is 536 g/mol. The van der Waals surface area contributed by atoms with Crippen LogP contribution in [0.5, 0.6) is 5.75 Å². The van der Waals surface area contributed by atoms with Crippen molar-refractivity contribution in [1.82, 2.24) is 25.5 Å². The maximum absolute atomic E-state index is 13.4. The summed E-state index contributed by atoms with van der Waals surface area (Å²) < 4.78 is 11.0. The van der Waals surface area contributed by atoms with Gasteiger partial charge in [-0.15, -0.1) is 0 Å². The number of fused-ring (bicyclic) bond motifs is 3. The van der Waals surface area contributed by atoms with E-state index in [4.69, 9.17) is 9.47 Å². The molecule has 0 fully saturated rings. The van der Waals surface area contributed by atoms with Crippen molar-refractivity contribution in [2.45, 2.75) is 65.1 Å². The van der Waals surface area contributed by atoms with Gasteiger partial charge < -0.3 is 20.1 Å². The molecule has 6 rings (SSSR count). The number of Topliss-reactive ketones (excluding diaryl/α,β-unsaturated/α-hetero) is 1. The van der Waals surface area contributed by atoms with Gasteiger partial charge in [0.25, 0.3) is 5.91 Å². The normalized spacial score (nSPS) is 16.0. The van der Waals surface area contributed by atoms with Gasteiger partial charge in [0, 0.05) is 18.5 Å². The molecule has 2 aromatic heterocycles. The Bertz CT molecular complexity index is 1740. The Labute approximate surface area is 242 Å². The monoisotopic (exact) mass is 568 g/mol. The number of nitrogens with one attached hydrogen (secondary N) is 3. The fourth-order valence-electron chi connectivity index (χ4n) is 5.57. The molecule has 0 spiro atoms. The number of carbonyl (C=O) groups excluding carboxylic acids is 3. The van der Waals surface area contributed by atoms with Gasteiger partial charge in [0.15, 0.2) is 17.3 Å². The van der Waals surface area contributed by atoms with Crippen LogP contribution in [0.3, 0.4) is 0 Å². The first-order valence-electron chi connectivity index (χ1n) is 13.9. The van der Waals surface area contributed by atoms with E-state index in [1.807, 2.05) is 52.0 Å². The predicted octanol–water partition coefficient (Wildman–Crippen LogP) is 4.15. The van der Waals surface area contributed by atoms with Gasteiger partial charge in [-0.25, -0.2) is 14.8 Å². The zero-order chi connectivity index (χ0) is 29.6. The molecule has 0 radical (unpaired) electrons. The highest BCUT2D eigenvalue weighted by Crippen LogP contribution is 2.35. The number of esters is 1. The van der Waals surface area contributed by atoms with E-state index in [1.54, 1.807) is 6.07 Å². The van der Waals surface area contributed by atoms with Gasteiger partial charge in [0.1, 0.15) is 35.3 Å². The molecule has 1 amide bonds. The lowest BCUT2D eigenvalue weighted by Crippen LogP contribution is -2.28. The molecule has 3 heterocycles. The van der Waals surface area contributed by atoms with Gasteiger partial charge in [-0.1, -0.05) is 12.1 Å². The van der Waals surface area contributed by atoms with Crippen LogP contribution in [0.25, 0.3) is 11.0 Å². The molecule has 0 bridgehead atoms. The summed E-state index contributed by atoms with van der Waals surface area (Å²) in [5, 5.41) is 13.6. The Morgan fingerprint density at radius 2 is 2.00 bits per heavy atom. The van der Waals surface area contributed by atoms with Gasteiger partial charge in [0.2, 0.25) is 0 Å². The molecule has 3 N–H and O–H groups in total. The van der Waals surface area contributed by atoms with E-state index in [0.29, 0.717) is 41.8 Å². The highest BCUT2D eigenvalue weighted by molar-refractivity contribution is 6.05. The quantitative estimate of drug-likeness (QED) is 0.292. The zero-order valence-corrected chi connectivity index (χ0v) is 24.0. The third-order valence-corrected chi connectivity index (χ3v) is 7.54. The molecule has 1 aliphatic carbocycles. The highest BCUT2D eigenvalue weighted by Gasteiger charge is 2.30. The molecule has 1 aliphatic heterocycles. The average Bonchev–Trinajstić information content (AvgIpc) is 3.55. The Hall–Kier alpha value is -4.80. The van der Waals surface area contributed by atoms with Crippen molar-refractivity contribution in [3.05, 3.63) is 75.7 Å². The highest BCUT2D eigenvalue weighted by atomic mass is 16.6. The minimum Gasteiger partial charge on any atom is -0.486 e. The van der Waals surface area contributed by atoms with E-state index < -0.39 is 5.60 Å². The Kier molecular flexibility index (Phi) is 6.88. The lowest BCUT2D eigenvalue weighted by Gasteiger charge is -2.21. The number of ether oxygens (including phenoxy) is 2. The van der Waals surface area contributed by atoms with Crippen molar-refractivity contribution in [3.8, 4) is 5.75 Å². The summed E-state index contributed by atoms with van der Waals surface area (Å²) in [6, 6.07) is 9.20. The predicted molar refractivity (Wildman–Crippen MR) is 155 cm³/mol. The van der Waals surface area contributed by atoms with Crippen LogP contribution in [0, 0.1) is 6.92 Å². The number of carbonyl (C=O) groups is 3. The Balaban J connectivity index is 1.17. The first-order chi connectivity index (χ1) is 20.1. The van der Waals surface area contributed by atoms with Crippen LogP contribution in [0.1, 0.15) is 81.9 Å². The lowest BCUT2D eigenvalue weighted by molar-refractivity contribution is -0.121. The average molecular weight is 569 g/mol. The molecule has 0 saturated carbocycles. The second-order valence-corrected chi connectivity index (χ2v) is 11.7. The summed E-state index contributed by atoms with van der Waals surface area (Å²) in [4.78, 5) is 46.5. The maximum atomic E-state index is 13.4. The van der Waals surface area contributed by atoms with Crippen molar-refractivity contribution >= 4 is 34.5 Å². The second kappa shape index (κ2) is 10.6. The van der Waals surface area contributed by atoms with Gasteiger partial charge in [0.05, 0.1) is 11.6 Å². The number of aromatic nitrogens is 4. The number of amides is 1. The molecular formula is C31H32N6O5. The molecule has 0 unspecified atom stereocenters. The van der Waals surface area contributed by atoms with Gasteiger partial charge in [-0.05, 0) is 81.0 Å². The fraction of sp³-hybridized carbons (Fsp3) is 0.355. The van der Waals surface area contributed by atoms with Crippen molar-refractivity contribution in [3.63, 3.8) is 0 Å². The van der Waals surface area contributed by atoms with E-state index in [9.17, 15) is 14.4 Å². The van der Waals surface area contributed by atoms with Gasteiger partial charge in [-0.3, -0.25) is 14.7 Å². The Morgan fingerprint density at radius 3 is 2.81 bits per heavy atom. The number of anilines is 1. The minimum atomic E-state index is -0.581. The summed E-state index contributed by atoms with van der Waals surface area (Å²) >= 11 is 0. The van der Waals surface area contributed by atoms with Gasteiger partial charge >= 0.3 is 5.97 Å². The molecule has 4 aromatic rings. The topological polar surface area (TPSA) is 148 Å².